The molecule has 2 amide bonds. The van der Waals surface area contributed by atoms with Gasteiger partial charge in [-0.3, -0.25) is 19.4 Å². The molecule has 9 nitrogen and oxygen atoms in total. The zero-order valence-electron chi connectivity index (χ0n) is 20.3. The molecule has 1 atom stereocenters. The number of nitrogens with one attached hydrogen (secondary N) is 1. The van der Waals surface area contributed by atoms with Crippen molar-refractivity contribution in [1.29, 1.82) is 0 Å². The van der Waals surface area contributed by atoms with E-state index < -0.39 is 0 Å². The number of anilines is 2. The van der Waals surface area contributed by atoms with Gasteiger partial charge in [-0.15, -0.1) is 10.2 Å². The molecule has 0 aromatic carbocycles. The molecule has 2 fully saturated rings. The molecule has 2 aliphatic rings. The largest absolute Gasteiger partial charge is 0.463 e. The summed E-state index contributed by atoms with van der Waals surface area (Å²) in [5.74, 6) is 1.78. The highest BCUT2D eigenvalue weighted by atomic mass is 32.1. The average Bonchev–Trinajstić information content (AvgIpc) is 3.61. The number of amides is 2. The third kappa shape index (κ3) is 6.15. The van der Waals surface area contributed by atoms with Crippen molar-refractivity contribution in [2.24, 2.45) is 5.92 Å². The molecule has 4 heterocycles. The summed E-state index contributed by atoms with van der Waals surface area (Å²) in [6.45, 7) is 9.81. The van der Waals surface area contributed by atoms with Gasteiger partial charge in [0.15, 0.2) is 0 Å². The van der Waals surface area contributed by atoms with E-state index in [9.17, 15) is 9.59 Å². The van der Waals surface area contributed by atoms with Gasteiger partial charge in [-0.25, -0.2) is 0 Å². The summed E-state index contributed by atoms with van der Waals surface area (Å²) >= 11 is 1.44. The van der Waals surface area contributed by atoms with Gasteiger partial charge in [0.1, 0.15) is 11.5 Å². The lowest BCUT2D eigenvalue weighted by Crippen LogP contribution is -2.42. The Labute approximate surface area is 205 Å². The summed E-state index contributed by atoms with van der Waals surface area (Å²) in [5, 5.41) is 13.0. The zero-order valence-corrected chi connectivity index (χ0v) is 21.1. The zero-order chi connectivity index (χ0) is 23.9. The highest BCUT2D eigenvalue weighted by Gasteiger charge is 2.30. The van der Waals surface area contributed by atoms with E-state index >= 15 is 0 Å². The fourth-order valence-corrected chi connectivity index (χ4v) is 5.46. The minimum absolute atomic E-state index is 0.0419. The van der Waals surface area contributed by atoms with Gasteiger partial charge in [-0.2, -0.15) is 0 Å². The first-order chi connectivity index (χ1) is 16.6. The van der Waals surface area contributed by atoms with Crippen LogP contribution in [0.4, 0.5) is 10.3 Å². The molecule has 34 heavy (non-hydrogen) atoms. The van der Waals surface area contributed by atoms with Crippen molar-refractivity contribution in [2.45, 2.75) is 65.5 Å². The van der Waals surface area contributed by atoms with E-state index in [1.807, 2.05) is 12.1 Å². The molecule has 2 aromatic heterocycles. The van der Waals surface area contributed by atoms with Crippen LogP contribution in [0.25, 0.3) is 0 Å². The van der Waals surface area contributed by atoms with Crippen molar-refractivity contribution in [3.63, 3.8) is 0 Å². The molecule has 0 aliphatic carbocycles. The Bertz CT molecular complexity index is 960. The highest BCUT2D eigenvalue weighted by molar-refractivity contribution is 7.19. The summed E-state index contributed by atoms with van der Waals surface area (Å²) in [6.07, 6.45) is 5.59. The Morgan fingerprint density at radius 1 is 1.21 bits per heavy atom. The summed E-state index contributed by atoms with van der Waals surface area (Å²) in [4.78, 5) is 31.1. The number of nitrogens with zero attached hydrogens (tertiary/aromatic N) is 5. The lowest BCUT2D eigenvalue weighted by molar-refractivity contribution is -0.125. The van der Waals surface area contributed by atoms with E-state index in [0.29, 0.717) is 31.2 Å². The first-order valence-electron chi connectivity index (χ1n) is 12.5. The van der Waals surface area contributed by atoms with Gasteiger partial charge in [0.2, 0.25) is 22.1 Å². The predicted octanol–water partition coefficient (Wildman–Crippen LogP) is 3.41. The van der Waals surface area contributed by atoms with E-state index in [1.165, 1.54) is 24.2 Å². The molecule has 1 N–H and O–H groups in total. The number of hydrogen-bond donors (Lipinski definition) is 1. The summed E-state index contributed by atoms with van der Waals surface area (Å²) in [6, 6.07) is 3.97. The number of unbranched alkanes of at least 4 members (excludes halogenated alkanes) is 1. The Kier molecular flexibility index (Phi) is 8.55. The Morgan fingerprint density at radius 2 is 2.03 bits per heavy atom. The van der Waals surface area contributed by atoms with Crippen LogP contribution in [0, 0.1) is 5.92 Å². The predicted molar refractivity (Wildman–Crippen MR) is 133 cm³/mol. The second-order valence-corrected chi connectivity index (χ2v) is 10.0. The van der Waals surface area contributed by atoms with Crippen LogP contribution in [0.15, 0.2) is 16.5 Å². The normalized spacial score (nSPS) is 18.8. The SMILES string of the molecule is CCCCN(CC)Cc1ccc(CNC(=O)C2CCCN(c3nnc(N4CCCC4=O)s3)C2)o1. The van der Waals surface area contributed by atoms with Crippen LogP contribution in [0.5, 0.6) is 0 Å². The third-order valence-corrected chi connectivity index (χ3v) is 7.59. The summed E-state index contributed by atoms with van der Waals surface area (Å²) < 4.78 is 5.97. The van der Waals surface area contributed by atoms with Gasteiger partial charge in [0, 0.05) is 26.1 Å². The number of carbonyl (C=O) groups is 2. The molecule has 0 spiro atoms. The Balaban J connectivity index is 1.27. The monoisotopic (exact) mass is 488 g/mol. The van der Waals surface area contributed by atoms with Gasteiger partial charge < -0.3 is 14.6 Å². The van der Waals surface area contributed by atoms with Gasteiger partial charge in [0.25, 0.3) is 0 Å². The van der Waals surface area contributed by atoms with Crippen molar-refractivity contribution in [3.05, 3.63) is 23.7 Å². The van der Waals surface area contributed by atoms with Crippen molar-refractivity contribution >= 4 is 33.4 Å². The van der Waals surface area contributed by atoms with Gasteiger partial charge >= 0.3 is 0 Å². The van der Waals surface area contributed by atoms with Gasteiger partial charge in [-0.05, 0) is 50.9 Å². The van der Waals surface area contributed by atoms with E-state index in [0.717, 1.165) is 62.1 Å². The Hall–Kier alpha value is -2.46. The van der Waals surface area contributed by atoms with Crippen molar-refractivity contribution in [2.75, 3.05) is 42.5 Å². The van der Waals surface area contributed by atoms with Gasteiger partial charge in [0.05, 0.1) is 19.0 Å². The van der Waals surface area contributed by atoms with Crippen molar-refractivity contribution < 1.29 is 14.0 Å². The molecule has 2 aliphatic heterocycles. The molecule has 1 unspecified atom stereocenters. The van der Waals surface area contributed by atoms with Gasteiger partial charge in [-0.1, -0.05) is 31.6 Å². The molecular weight excluding hydrogens is 452 g/mol. The van der Waals surface area contributed by atoms with Crippen LogP contribution in [0.2, 0.25) is 0 Å². The third-order valence-electron chi connectivity index (χ3n) is 6.58. The second kappa shape index (κ2) is 11.8. The first-order valence-corrected chi connectivity index (χ1v) is 13.4. The molecule has 10 heteroatoms. The molecule has 2 aromatic rings. The van der Waals surface area contributed by atoms with Crippen LogP contribution < -0.4 is 15.1 Å². The number of hydrogen-bond acceptors (Lipinski definition) is 8. The summed E-state index contributed by atoms with van der Waals surface area (Å²) in [7, 11) is 0. The second-order valence-electron chi connectivity index (χ2n) is 9.11. The molecule has 2 saturated heterocycles. The maximum Gasteiger partial charge on any atom is 0.228 e. The molecule has 0 bridgehead atoms. The Morgan fingerprint density at radius 3 is 2.79 bits per heavy atom. The maximum absolute atomic E-state index is 12.9. The first kappa shape index (κ1) is 24.7. The van der Waals surface area contributed by atoms with E-state index in [2.05, 4.69) is 39.2 Å². The maximum atomic E-state index is 12.9. The number of aromatic nitrogens is 2. The minimum atomic E-state index is -0.103. The quantitative estimate of drug-likeness (QED) is 0.518. The number of rotatable bonds is 11. The van der Waals surface area contributed by atoms with E-state index in [1.54, 1.807) is 4.90 Å². The molecule has 186 valence electrons. The van der Waals surface area contributed by atoms with Crippen molar-refractivity contribution in [1.82, 2.24) is 20.4 Å². The van der Waals surface area contributed by atoms with Crippen LogP contribution >= 0.6 is 11.3 Å². The van der Waals surface area contributed by atoms with Crippen LogP contribution in [0.1, 0.15) is 63.9 Å². The lowest BCUT2D eigenvalue weighted by atomic mass is 9.97. The molecule has 0 radical (unpaired) electrons. The smallest absolute Gasteiger partial charge is 0.228 e. The van der Waals surface area contributed by atoms with Crippen LogP contribution in [-0.2, 0) is 22.7 Å². The number of piperidine rings is 1. The molecule has 0 saturated carbocycles. The van der Waals surface area contributed by atoms with E-state index in [4.69, 9.17) is 4.42 Å². The topological polar surface area (TPSA) is 94.8 Å². The minimum Gasteiger partial charge on any atom is -0.463 e. The standard InChI is InChI=1S/C24H36N6O3S/c1-3-5-12-28(4-2)17-20-11-10-19(33-20)15-25-22(32)18-8-6-13-29(16-18)23-26-27-24(34-23)30-14-7-9-21(30)31/h10-11,18H,3-9,12-17H2,1-2H3,(H,25,32). The fraction of sp³-hybridized carbons (Fsp3) is 0.667. The number of furan rings is 1. The molecular formula is C24H36N6O3S. The lowest BCUT2D eigenvalue weighted by Gasteiger charge is -2.31. The van der Waals surface area contributed by atoms with Crippen molar-refractivity contribution in [3.8, 4) is 0 Å². The fourth-order valence-electron chi connectivity index (χ4n) is 4.53. The summed E-state index contributed by atoms with van der Waals surface area (Å²) in [5.41, 5.74) is 0. The highest BCUT2D eigenvalue weighted by Crippen LogP contribution is 2.32. The van der Waals surface area contributed by atoms with Crippen LogP contribution in [0.3, 0.4) is 0 Å². The number of carbonyl (C=O) groups excluding carboxylic acids is 2. The van der Waals surface area contributed by atoms with E-state index in [-0.39, 0.29) is 17.7 Å². The van der Waals surface area contributed by atoms with Crippen LogP contribution in [-0.4, -0.2) is 59.6 Å². The average molecular weight is 489 g/mol. The molecule has 4 rings (SSSR count).